The van der Waals surface area contributed by atoms with Crippen molar-refractivity contribution in [3.05, 3.63) is 56.2 Å². The maximum Gasteiger partial charge on any atom is 0.284 e. The first-order valence-electron chi connectivity index (χ1n) is 7.91. The van der Waals surface area contributed by atoms with Crippen LogP contribution < -0.4 is 13.7 Å². The zero-order valence-electron chi connectivity index (χ0n) is 13.7. The van der Waals surface area contributed by atoms with Gasteiger partial charge in [0.15, 0.2) is 12.4 Å². The molecule has 3 rings (SSSR count). The lowest BCUT2D eigenvalue weighted by molar-refractivity contribution is -0.737. The van der Waals surface area contributed by atoms with Crippen molar-refractivity contribution in [1.82, 2.24) is 14.0 Å². The van der Waals surface area contributed by atoms with Crippen LogP contribution in [0.25, 0.3) is 0 Å². The molecule has 0 aliphatic rings. The summed E-state index contributed by atoms with van der Waals surface area (Å²) in [6, 6.07) is 0. The molecule has 134 valence electrons. The van der Waals surface area contributed by atoms with E-state index in [1.165, 1.54) is 25.0 Å². The zero-order valence-corrected chi connectivity index (χ0v) is 13.7. The van der Waals surface area contributed by atoms with Crippen LogP contribution in [0.5, 0.6) is 0 Å². The minimum Gasteiger partial charge on any atom is -0.385 e. The van der Waals surface area contributed by atoms with E-state index in [4.69, 9.17) is 0 Å². The molecule has 25 heavy (non-hydrogen) atoms. The molecule has 0 aliphatic heterocycles. The van der Waals surface area contributed by atoms with Gasteiger partial charge in [-0.3, -0.25) is 0 Å². The van der Waals surface area contributed by atoms with Crippen molar-refractivity contribution >= 4 is 0 Å². The standard InChI is InChI=1S/C15H23N6O4/c22-14(9-18-3-5-20(24)12-18)7-16-1-2-17(11-16)8-15(23)10-19-4-6-21(25)13-19/h1-6,11-15,22-25H,7-10H2/q+3. The molecule has 4 N–H and O–H groups in total. The number of nitrogens with zero attached hydrogens (tertiary/aromatic N) is 6. The van der Waals surface area contributed by atoms with Crippen molar-refractivity contribution in [2.24, 2.45) is 0 Å². The van der Waals surface area contributed by atoms with Crippen molar-refractivity contribution in [1.29, 1.82) is 0 Å². The van der Waals surface area contributed by atoms with E-state index >= 15 is 0 Å². The molecule has 0 amide bonds. The van der Waals surface area contributed by atoms with Crippen LogP contribution in [0.15, 0.2) is 56.2 Å². The van der Waals surface area contributed by atoms with Gasteiger partial charge in [-0.1, -0.05) is 9.46 Å². The summed E-state index contributed by atoms with van der Waals surface area (Å²) in [5.41, 5.74) is 0. The van der Waals surface area contributed by atoms with Gasteiger partial charge in [-0.15, -0.1) is 0 Å². The molecule has 3 aromatic heterocycles. The number of aliphatic hydroxyl groups excluding tert-OH is 2. The van der Waals surface area contributed by atoms with Gasteiger partial charge in [0.1, 0.15) is 63.2 Å². The molecular weight excluding hydrogens is 328 g/mol. The van der Waals surface area contributed by atoms with Crippen LogP contribution in [0.1, 0.15) is 0 Å². The Morgan fingerprint density at radius 3 is 1.68 bits per heavy atom. The van der Waals surface area contributed by atoms with Gasteiger partial charge in [0.2, 0.25) is 6.33 Å². The molecule has 0 saturated carbocycles. The van der Waals surface area contributed by atoms with Crippen molar-refractivity contribution in [3.8, 4) is 0 Å². The Morgan fingerprint density at radius 1 is 0.680 bits per heavy atom. The highest BCUT2D eigenvalue weighted by Gasteiger charge is 2.17. The Labute approximate surface area is 143 Å². The Morgan fingerprint density at radius 2 is 1.16 bits per heavy atom. The third-order valence-electron chi connectivity index (χ3n) is 3.79. The molecule has 0 bridgehead atoms. The second-order valence-corrected chi connectivity index (χ2v) is 6.10. The lowest BCUT2D eigenvalue weighted by atomic mass is 10.3. The van der Waals surface area contributed by atoms with E-state index in [0.29, 0.717) is 26.2 Å². The summed E-state index contributed by atoms with van der Waals surface area (Å²) in [5, 5.41) is 38.7. The first-order valence-corrected chi connectivity index (χ1v) is 7.91. The number of imidazole rings is 3. The SMILES string of the molecule is OC(Cn1cc[n+](CC(O)C[n+]2ccn(O)c2)c1)C[n+]1ccn(O)c1. The third-order valence-corrected chi connectivity index (χ3v) is 3.79. The maximum atomic E-state index is 10.1. The lowest BCUT2D eigenvalue weighted by Crippen LogP contribution is -2.46. The van der Waals surface area contributed by atoms with Gasteiger partial charge in [0.05, 0.1) is 0 Å². The maximum absolute atomic E-state index is 10.1. The Balaban J connectivity index is 1.49. The van der Waals surface area contributed by atoms with Crippen LogP contribution in [0.4, 0.5) is 0 Å². The van der Waals surface area contributed by atoms with Crippen LogP contribution in [-0.2, 0) is 26.2 Å². The summed E-state index contributed by atoms with van der Waals surface area (Å²) in [7, 11) is 0. The molecule has 0 spiro atoms. The van der Waals surface area contributed by atoms with Crippen LogP contribution in [-0.4, -0.2) is 46.9 Å². The molecule has 0 fully saturated rings. The summed E-state index contributed by atoms with van der Waals surface area (Å²) >= 11 is 0. The van der Waals surface area contributed by atoms with Gasteiger partial charge in [-0.05, 0) is 0 Å². The molecule has 0 radical (unpaired) electrons. The normalized spacial score (nSPS) is 13.8. The molecule has 2 unspecified atom stereocenters. The number of hydrogen-bond acceptors (Lipinski definition) is 4. The van der Waals surface area contributed by atoms with E-state index < -0.39 is 12.2 Å². The molecule has 10 heteroatoms. The fraction of sp³-hybridized carbons (Fsp3) is 0.400. The van der Waals surface area contributed by atoms with E-state index in [1.54, 1.807) is 21.5 Å². The van der Waals surface area contributed by atoms with E-state index in [9.17, 15) is 20.6 Å². The fourth-order valence-electron chi connectivity index (χ4n) is 2.73. The number of rotatable bonds is 8. The van der Waals surface area contributed by atoms with Gasteiger partial charge in [0.25, 0.3) is 12.7 Å². The molecule has 3 heterocycles. The third kappa shape index (κ3) is 4.81. The Bertz CT molecular complexity index is 746. The van der Waals surface area contributed by atoms with Gasteiger partial charge >= 0.3 is 0 Å². The van der Waals surface area contributed by atoms with E-state index in [1.807, 2.05) is 27.9 Å². The van der Waals surface area contributed by atoms with Crippen molar-refractivity contribution in [3.63, 3.8) is 0 Å². The average Bonchev–Trinajstić information content (AvgIpc) is 3.23. The Hall–Kier alpha value is -2.85. The molecule has 2 atom stereocenters. The molecule has 3 aromatic rings. The zero-order chi connectivity index (χ0) is 17.8. The quantitative estimate of drug-likeness (QED) is 0.267. The van der Waals surface area contributed by atoms with Gasteiger partial charge in [-0.2, -0.15) is 0 Å². The van der Waals surface area contributed by atoms with E-state index in [-0.39, 0.29) is 0 Å². The fourth-order valence-corrected chi connectivity index (χ4v) is 2.73. The van der Waals surface area contributed by atoms with Crippen LogP contribution >= 0.6 is 0 Å². The first-order chi connectivity index (χ1) is 12.0. The number of hydrogen-bond donors (Lipinski definition) is 4. The van der Waals surface area contributed by atoms with Crippen LogP contribution in [0, 0.1) is 0 Å². The molecular formula is C15H23N6O4+3. The van der Waals surface area contributed by atoms with Crippen molar-refractivity contribution in [2.75, 3.05) is 0 Å². The summed E-state index contributed by atoms with van der Waals surface area (Å²) < 4.78 is 8.92. The van der Waals surface area contributed by atoms with Gasteiger partial charge < -0.3 is 20.6 Å². The van der Waals surface area contributed by atoms with Gasteiger partial charge in [0, 0.05) is 0 Å². The summed E-state index contributed by atoms with van der Waals surface area (Å²) in [5.74, 6) is 0. The second kappa shape index (κ2) is 7.36. The second-order valence-electron chi connectivity index (χ2n) is 6.10. The molecule has 10 nitrogen and oxygen atoms in total. The van der Waals surface area contributed by atoms with E-state index in [2.05, 4.69) is 0 Å². The number of aromatic nitrogens is 6. The first kappa shape index (κ1) is 17.0. The minimum absolute atomic E-state index is 0.364. The van der Waals surface area contributed by atoms with Crippen molar-refractivity contribution in [2.45, 2.75) is 38.4 Å². The molecule has 0 aliphatic carbocycles. The molecule has 0 saturated heterocycles. The minimum atomic E-state index is -0.613. The number of aliphatic hydroxyl groups is 2. The highest BCUT2D eigenvalue weighted by atomic mass is 16.5. The predicted molar refractivity (Wildman–Crippen MR) is 80.3 cm³/mol. The topological polar surface area (TPSA) is 107 Å². The largest absolute Gasteiger partial charge is 0.385 e. The smallest absolute Gasteiger partial charge is 0.284 e. The summed E-state index contributed by atoms with van der Waals surface area (Å²) in [4.78, 5) is 0. The highest BCUT2D eigenvalue weighted by Crippen LogP contribution is 1.94. The predicted octanol–water partition coefficient (Wildman–Crippen LogP) is -2.45. The van der Waals surface area contributed by atoms with Crippen molar-refractivity contribution < 1.29 is 34.3 Å². The average molecular weight is 351 g/mol. The molecule has 0 aromatic carbocycles. The monoisotopic (exact) mass is 351 g/mol. The van der Waals surface area contributed by atoms with Crippen LogP contribution in [0.2, 0.25) is 0 Å². The Kier molecular flexibility index (Phi) is 5.00. The lowest BCUT2D eigenvalue weighted by Gasteiger charge is -2.06. The highest BCUT2D eigenvalue weighted by molar-refractivity contribution is 4.69. The van der Waals surface area contributed by atoms with Crippen LogP contribution in [0.3, 0.4) is 0 Å². The summed E-state index contributed by atoms with van der Waals surface area (Å²) in [6.45, 7) is 1.52. The van der Waals surface area contributed by atoms with E-state index in [0.717, 1.165) is 9.46 Å². The van der Waals surface area contributed by atoms with Gasteiger partial charge in [-0.25, -0.2) is 18.3 Å². The summed E-state index contributed by atoms with van der Waals surface area (Å²) in [6.07, 6.45) is 13.5.